The predicted molar refractivity (Wildman–Crippen MR) is 55.5 cm³/mol. The molecule has 1 aliphatic heterocycles. The third-order valence-corrected chi connectivity index (χ3v) is 3.16. The summed E-state index contributed by atoms with van der Waals surface area (Å²) < 4.78 is 1.24. The van der Waals surface area contributed by atoms with Crippen molar-refractivity contribution in [2.24, 2.45) is 0 Å². The van der Waals surface area contributed by atoms with E-state index in [0.717, 1.165) is 6.42 Å². The zero-order valence-electron chi connectivity index (χ0n) is 7.10. The standard InChI is InChI=1S/C10H12BrN/c1-2-7-6-8-9(11)4-3-5-10(8)12-7/h3-5,7,12H,2,6H2,1H3. The molecule has 0 saturated heterocycles. The molecule has 1 heterocycles. The van der Waals surface area contributed by atoms with Crippen molar-refractivity contribution in [1.29, 1.82) is 0 Å². The summed E-state index contributed by atoms with van der Waals surface area (Å²) in [6.07, 6.45) is 2.36. The Kier molecular flexibility index (Phi) is 2.09. The van der Waals surface area contributed by atoms with E-state index < -0.39 is 0 Å². The monoisotopic (exact) mass is 225 g/mol. The molecule has 0 aromatic heterocycles. The van der Waals surface area contributed by atoms with Gasteiger partial charge >= 0.3 is 0 Å². The van der Waals surface area contributed by atoms with Crippen LogP contribution in [-0.2, 0) is 6.42 Å². The molecule has 0 amide bonds. The van der Waals surface area contributed by atoms with E-state index in [4.69, 9.17) is 0 Å². The molecule has 0 aliphatic carbocycles. The summed E-state index contributed by atoms with van der Waals surface area (Å²) in [7, 11) is 0. The lowest BCUT2D eigenvalue weighted by Gasteiger charge is -2.05. The molecule has 1 aliphatic rings. The minimum atomic E-state index is 0.638. The highest BCUT2D eigenvalue weighted by atomic mass is 79.9. The summed E-state index contributed by atoms with van der Waals surface area (Å²) in [6.45, 7) is 2.22. The number of fused-ring (bicyclic) bond motifs is 1. The number of rotatable bonds is 1. The van der Waals surface area contributed by atoms with Crippen molar-refractivity contribution in [2.45, 2.75) is 25.8 Å². The third-order valence-electron chi connectivity index (χ3n) is 2.42. The second-order valence-electron chi connectivity index (χ2n) is 3.22. The highest BCUT2D eigenvalue weighted by Gasteiger charge is 2.20. The largest absolute Gasteiger partial charge is 0.382 e. The fourth-order valence-corrected chi connectivity index (χ4v) is 2.19. The number of hydrogen-bond donors (Lipinski definition) is 1. The second-order valence-corrected chi connectivity index (χ2v) is 4.07. The fraction of sp³-hybridized carbons (Fsp3) is 0.400. The smallest absolute Gasteiger partial charge is 0.0387 e. The van der Waals surface area contributed by atoms with Crippen LogP contribution < -0.4 is 5.32 Å². The van der Waals surface area contributed by atoms with Crippen LogP contribution in [0.1, 0.15) is 18.9 Å². The molecule has 12 heavy (non-hydrogen) atoms. The quantitative estimate of drug-likeness (QED) is 0.775. The maximum atomic E-state index is 3.56. The van der Waals surface area contributed by atoms with Crippen molar-refractivity contribution in [1.82, 2.24) is 0 Å². The highest BCUT2D eigenvalue weighted by molar-refractivity contribution is 9.10. The van der Waals surface area contributed by atoms with Gasteiger partial charge in [-0.2, -0.15) is 0 Å². The van der Waals surface area contributed by atoms with E-state index in [9.17, 15) is 0 Å². The average Bonchev–Trinajstić information content (AvgIpc) is 2.49. The van der Waals surface area contributed by atoms with Gasteiger partial charge in [-0.1, -0.05) is 28.9 Å². The number of anilines is 1. The number of benzene rings is 1. The van der Waals surface area contributed by atoms with Crippen molar-refractivity contribution in [3.63, 3.8) is 0 Å². The summed E-state index contributed by atoms with van der Waals surface area (Å²) >= 11 is 3.56. The van der Waals surface area contributed by atoms with Gasteiger partial charge in [0.25, 0.3) is 0 Å². The van der Waals surface area contributed by atoms with E-state index in [1.54, 1.807) is 0 Å². The topological polar surface area (TPSA) is 12.0 Å². The van der Waals surface area contributed by atoms with Crippen LogP contribution in [-0.4, -0.2) is 6.04 Å². The van der Waals surface area contributed by atoms with E-state index in [1.165, 1.54) is 22.1 Å². The number of hydrogen-bond acceptors (Lipinski definition) is 1. The van der Waals surface area contributed by atoms with Crippen LogP contribution in [0.2, 0.25) is 0 Å². The minimum Gasteiger partial charge on any atom is -0.382 e. The highest BCUT2D eigenvalue weighted by Crippen LogP contribution is 2.32. The lowest BCUT2D eigenvalue weighted by atomic mass is 10.1. The molecular formula is C10H12BrN. The lowest BCUT2D eigenvalue weighted by molar-refractivity contribution is 0.722. The maximum absolute atomic E-state index is 3.56. The molecule has 2 rings (SSSR count). The van der Waals surface area contributed by atoms with Crippen LogP contribution in [0.25, 0.3) is 0 Å². The van der Waals surface area contributed by atoms with Gasteiger partial charge in [0.1, 0.15) is 0 Å². The van der Waals surface area contributed by atoms with Crippen LogP contribution in [0.4, 0.5) is 5.69 Å². The number of nitrogens with one attached hydrogen (secondary N) is 1. The van der Waals surface area contributed by atoms with Crippen LogP contribution in [0.5, 0.6) is 0 Å². The van der Waals surface area contributed by atoms with Crippen LogP contribution in [0.15, 0.2) is 22.7 Å². The molecule has 1 atom stereocenters. The molecule has 0 fully saturated rings. The van der Waals surface area contributed by atoms with Gasteiger partial charge in [-0.25, -0.2) is 0 Å². The molecule has 1 aromatic carbocycles. The molecule has 0 bridgehead atoms. The Bertz CT molecular complexity index is 296. The summed E-state index contributed by atoms with van der Waals surface area (Å²) in [5, 5.41) is 3.49. The van der Waals surface area contributed by atoms with Crippen LogP contribution in [0, 0.1) is 0 Å². The van der Waals surface area contributed by atoms with Gasteiger partial charge < -0.3 is 5.32 Å². The zero-order chi connectivity index (χ0) is 8.55. The molecule has 0 saturated carbocycles. The van der Waals surface area contributed by atoms with E-state index >= 15 is 0 Å². The maximum Gasteiger partial charge on any atom is 0.0387 e. The first-order valence-electron chi connectivity index (χ1n) is 4.35. The van der Waals surface area contributed by atoms with Gasteiger partial charge in [0.05, 0.1) is 0 Å². The van der Waals surface area contributed by atoms with Crippen LogP contribution in [0.3, 0.4) is 0 Å². The summed E-state index contributed by atoms with van der Waals surface area (Å²) in [5.41, 5.74) is 2.74. The second kappa shape index (κ2) is 3.09. The Balaban J connectivity index is 2.35. The molecule has 0 radical (unpaired) electrons. The Morgan fingerprint density at radius 1 is 1.58 bits per heavy atom. The first-order chi connectivity index (χ1) is 5.81. The molecule has 1 N–H and O–H groups in total. The van der Waals surface area contributed by atoms with Crippen molar-refractivity contribution in [2.75, 3.05) is 5.32 Å². The predicted octanol–water partition coefficient (Wildman–Crippen LogP) is 3.20. The van der Waals surface area contributed by atoms with Gasteiger partial charge in [-0.15, -0.1) is 0 Å². The van der Waals surface area contributed by atoms with Crippen molar-refractivity contribution < 1.29 is 0 Å². The van der Waals surface area contributed by atoms with Gasteiger partial charge in [0.2, 0.25) is 0 Å². The van der Waals surface area contributed by atoms with E-state index in [-0.39, 0.29) is 0 Å². The molecule has 1 aromatic rings. The molecule has 0 spiro atoms. The Hall–Kier alpha value is -0.500. The zero-order valence-corrected chi connectivity index (χ0v) is 8.69. The van der Waals surface area contributed by atoms with E-state index in [2.05, 4.69) is 46.4 Å². The summed E-state index contributed by atoms with van der Waals surface area (Å²) in [5.74, 6) is 0. The van der Waals surface area contributed by atoms with Crippen molar-refractivity contribution in [3.05, 3.63) is 28.2 Å². The minimum absolute atomic E-state index is 0.638. The Morgan fingerprint density at radius 2 is 2.42 bits per heavy atom. The molecule has 1 unspecified atom stereocenters. The van der Waals surface area contributed by atoms with E-state index in [0.29, 0.717) is 6.04 Å². The van der Waals surface area contributed by atoms with Gasteiger partial charge in [0, 0.05) is 16.2 Å². The molecular weight excluding hydrogens is 214 g/mol. The molecule has 2 heteroatoms. The van der Waals surface area contributed by atoms with Crippen LogP contribution >= 0.6 is 15.9 Å². The first kappa shape index (κ1) is 8.11. The van der Waals surface area contributed by atoms with Crippen molar-refractivity contribution >= 4 is 21.6 Å². The summed E-state index contributed by atoms with van der Waals surface area (Å²) in [6, 6.07) is 6.97. The lowest BCUT2D eigenvalue weighted by Crippen LogP contribution is -2.12. The normalized spacial score (nSPS) is 20.3. The third kappa shape index (κ3) is 1.24. The summed E-state index contributed by atoms with van der Waals surface area (Å²) in [4.78, 5) is 0. The Labute approximate surface area is 81.3 Å². The molecule has 1 nitrogen and oxygen atoms in total. The van der Waals surface area contributed by atoms with Gasteiger partial charge in [-0.05, 0) is 30.5 Å². The van der Waals surface area contributed by atoms with Crippen molar-refractivity contribution in [3.8, 4) is 0 Å². The molecule has 64 valence electrons. The van der Waals surface area contributed by atoms with Gasteiger partial charge in [-0.3, -0.25) is 0 Å². The average molecular weight is 226 g/mol. The first-order valence-corrected chi connectivity index (χ1v) is 5.14. The Morgan fingerprint density at radius 3 is 3.08 bits per heavy atom. The van der Waals surface area contributed by atoms with E-state index in [1.807, 2.05) is 0 Å². The number of halogens is 1. The SMILES string of the molecule is CCC1Cc2c(Br)cccc2N1. The van der Waals surface area contributed by atoms with Gasteiger partial charge in [0.15, 0.2) is 0 Å². The fourth-order valence-electron chi connectivity index (χ4n) is 1.67.